The van der Waals surface area contributed by atoms with Gasteiger partial charge in [0, 0.05) is 20.1 Å². The van der Waals surface area contributed by atoms with Gasteiger partial charge in [0.05, 0.1) is 12.6 Å². The fourth-order valence-corrected chi connectivity index (χ4v) is 1.80. The van der Waals surface area contributed by atoms with Gasteiger partial charge >= 0.3 is 0 Å². The van der Waals surface area contributed by atoms with E-state index in [0.717, 1.165) is 6.42 Å². The van der Waals surface area contributed by atoms with Crippen molar-refractivity contribution in [3.63, 3.8) is 0 Å². The number of amides is 1. The summed E-state index contributed by atoms with van der Waals surface area (Å²) in [6, 6.07) is 8.10. The number of hydrogen-bond donors (Lipinski definition) is 2. The number of benzene rings is 1. The number of carbonyl (C=O) groups is 1. The Morgan fingerprint density at radius 1 is 1.50 bits per heavy atom. The van der Waals surface area contributed by atoms with Crippen molar-refractivity contribution in [2.45, 2.75) is 25.8 Å². The monoisotopic (exact) mass is 250 g/mol. The Morgan fingerprint density at radius 3 is 2.89 bits per heavy atom. The molecule has 1 amide bonds. The average molecular weight is 250 g/mol. The van der Waals surface area contributed by atoms with Gasteiger partial charge in [-0.15, -0.1) is 0 Å². The Kier molecular flexibility index (Phi) is 6.39. The minimum Gasteiger partial charge on any atom is -0.383 e. The molecule has 1 atom stereocenters. The molecule has 4 heteroatoms. The second-order valence-corrected chi connectivity index (χ2v) is 4.44. The number of hydrogen-bond acceptors (Lipinski definition) is 3. The average Bonchev–Trinajstić information content (AvgIpc) is 2.36. The maximum Gasteiger partial charge on any atom is 0.220 e. The highest BCUT2D eigenvalue weighted by molar-refractivity contribution is 5.76. The van der Waals surface area contributed by atoms with Gasteiger partial charge in [0.2, 0.25) is 5.91 Å². The number of carbonyl (C=O) groups excluding carboxylic acids is 1. The van der Waals surface area contributed by atoms with Crippen LogP contribution in [0, 0.1) is 6.92 Å². The first kappa shape index (κ1) is 14.7. The van der Waals surface area contributed by atoms with E-state index in [1.54, 1.807) is 7.11 Å². The molecule has 3 N–H and O–H groups in total. The molecule has 0 heterocycles. The molecule has 100 valence electrons. The van der Waals surface area contributed by atoms with Gasteiger partial charge in [-0.2, -0.15) is 0 Å². The van der Waals surface area contributed by atoms with Gasteiger partial charge in [0.1, 0.15) is 0 Å². The molecule has 1 rings (SSSR count). The zero-order valence-corrected chi connectivity index (χ0v) is 11.1. The molecule has 18 heavy (non-hydrogen) atoms. The van der Waals surface area contributed by atoms with Crippen molar-refractivity contribution < 1.29 is 9.53 Å². The molecule has 1 unspecified atom stereocenters. The smallest absolute Gasteiger partial charge is 0.220 e. The van der Waals surface area contributed by atoms with Crippen LogP contribution in [0.3, 0.4) is 0 Å². The molecule has 1 aromatic rings. The fraction of sp³-hybridized carbons (Fsp3) is 0.500. The topological polar surface area (TPSA) is 64.3 Å². The number of aryl methyl sites for hydroxylation is 2. The van der Waals surface area contributed by atoms with E-state index in [9.17, 15) is 4.79 Å². The van der Waals surface area contributed by atoms with E-state index in [0.29, 0.717) is 19.6 Å². The minimum absolute atomic E-state index is 0.0176. The molecule has 0 aliphatic rings. The first-order valence-corrected chi connectivity index (χ1v) is 6.19. The number of nitrogens with two attached hydrogens (primary N) is 1. The lowest BCUT2D eigenvalue weighted by molar-refractivity contribution is -0.122. The van der Waals surface area contributed by atoms with Crippen LogP contribution in [0.2, 0.25) is 0 Å². The van der Waals surface area contributed by atoms with Crippen LogP contribution in [-0.4, -0.2) is 32.2 Å². The van der Waals surface area contributed by atoms with E-state index in [2.05, 4.69) is 11.4 Å². The van der Waals surface area contributed by atoms with Gasteiger partial charge in [-0.3, -0.25) is 4.79 Å². The van der Waals surface area contributed by atoms with Crippen LogP contribution in [0.4, 0.5) is 0 Å². The Hall–Kier alpha value is -1.39. The molecule has 0 spiro atoms. The van der Waals surface area contributed by atoms with Crippen LogP contribution in [0.25, 0.3) is 0 Å². The van der Waals surface area contributed by atoms with Crippen molar-refractivity contribution in [3.8, 4) is 0 Å². The van der Waals surface area contributed by atoms with Crippen LogP contribution in [0.5, 0.6) is 0 Å². The second-order valence-electron chi connectivity index (χ2n) is 4.44. The van der Waals surface area contributed by atoms with Crippen molar-refractivity contribution in [3.05, 3.63) is 35.4 Å². The summed E-state index contributed by atoms with van der Waals surface area (Å²) in [6.07, 6.45) is 1.22. The highest BCUT2D eigenvalue weighted by Crippen LogP contribution is 2.06. The van der Waals surface area contributed by atoms with Gasteiger partial charge in [-0.1, -0.05) is 29.8 Å². The summed E-state index contributed by atoms with van der Waals surface area (Å²) in [7, 11) is 1.60. The third-order valence-corrected chi connectivity index (χ3v) is 2.74. The summed E-state index contributed by atoms with van der Waals surface area (Å²) in [6.45, 7) is 2.89. The second kappa shape index (κ2) is 7.84. The maximum atomic E-state index is 11.7. The summed E-state index contributed by atoms with van der Waals surface area (Å²) >= 11 is 0. The van der Waals surface area contributed by atoms with Crippen molar-refractivity contribution >= 4 is 5.91 Å². The molecule has 0 aliphatic heterocycles. The van der Waals surface area contributed by atoms with Gasteiger partial charge in [0.25, 0.3) is 0 Å². The number of ether oxygens (including phenoxy) is 1. The van der Waals surface area contributed by atoms with E-state index >= 15 is 0 Å². The van der Waals surface area contributed by atoms with Crippen LogP contribution in [0.1, 0.15) is 17.5 Å². The molecule has 0 radical (unpaired) electrons. The lowest BCUT2D eigenvalue weighted by Crippen LogP contribution is -2.43. The van der Waals surface area contributed by atoms with E-state index in [-0.39, 0.29) is 11.9 Å². The van der Waals surface area contributed by atoms with E-state index in [1.807, 2.05) is 25.1 Å². The van der Waals surface area contributed by atoms with Gasteiger partial charge in [-0.25, -0.2) is 0 Å². The molecule has 0 aromatic heterocycles. The predicted molar refractivity (Wildman–Crippen MR) is 72.4 cm³/mol. The summed E-state index contributed by atoms with van der Waals surface area (Å²) < 4.78 is 4.98. The molecule has 0 fully saturated rings. The van der Waals surface area contributed by atoms with Gasteiger partial charge in [-0.05, 0) is 18.9 Å². The number of methoxy groups -OCH3 is 1. The third kappa shape index (κ3) is 5.29. The summed E-state index contributed by atoms with van der Waals surface area (Å²) in [4.78, 5) is 11.7. The van der Waals surface area contributed by atoms with E-state index in [4.69, 9.17) is 10.5 Å². The Labute approximate surface area is 109 Å². The molecule has 0 saturated carbocycles. The standard InChI is InChI=1S/C14H22N2O2/c1-11-4-3-5-12(8-11)6-7-14(17)16-13(9-15)10-18-2/h3-5,8,13H,6-7,9-10,15H2,1-2H3,(H,16,17). The lowest BCUT2D eigenvalue weighted by atomic mass is 10.1. The summed E-state index contributed by atoms with van der Waals surface area (Å²) in [5.74, 6) is 0.0176. The zero-order valence-electron chi connectivity index (χ0n) is 11.1. The normalized spacial score (nSPS) is 12.2. The Bertz CT molecular complexity index is 380. The Morgan fingerprint density at radius 2 is 2.28 bits per heavy atom. The number of rotatable bonds is 7. The molecule has 0 bridgehead atoms. The first-order chi connectivity index (χ1) is 8.65. The van der Waals surface area contributed by atoms with Crippen LogP contribution >= 0.6 is 0 Å². The highest BCUT2D eigenvalue weighted by atomic mass is 16.5. The summed E-state index contributed by atoms with van der Waals surface area (Å²) in [5.41, 5.74) is 7.94. The third-order valence-electron chi connectivity index (χ3n) is 2.74. The van der Waals surface area contributed by atoms with Crippen molar-refractivity contribution in [2.75, 3.05) is 20.3 Å². The highest BCUT2D eigenvalue weighted by Gasteiger charge is 2.10. The van der Waals surface area contributed by atoms with Crippen LogP contribution in [-0.2, 0) is 16.0 Å². The van der Waals surface area contributed by atoms with Crippen molar-refractivity contribution in [2.24, 2.45) is 5.73 Å². The lowest BCUT2D eigenvalue weighted by Gasteiger charge is -2.15. The van der Waals surface area contributed by atoms with Crippen LogP contribution in [0.15, 0.2) is 24.3 Å². The van der Waals surface area contributed by atoms with Crippen LogP contribution < -0.4 is 11.1 Å². The van der Waals surface area contributed by atoms with E-state index in [1.165, 1.54) is 11.1 Å². The number of nitrogens with one attached hydrogen (secondary N) is 1. The minimum atomic E-state index is -0.0972. The molecule has 0 aliphatic carbocycles. The summed E-state index contributed by atoms with van der Waals surface area (Å²) in [5, 5.41) is 2.86. The quantitative estimate of drug-likeness (QED) is 0.759. The SMILES string of the molecule is COCC(CN)NC(=O)CCc1cccc(C)c1. The zero-order chi connectivity index (χ0) is 13.4. The van der Waals surface area contributed by atoms with Crippen molar-refractivity contribution in [1.82, 2.24) is 5.32 Å². The fourth-order valence-electron chi connectivity index (χ4n) is 1.80. The molecule has 4 nitrogen and oxygen atoms in total. The molecule has 1 aromatic carbocycles. The Balaban J connectivity index is 2.36. The predicted octanol–water partition coefficient (Wildman–Crippen LogP) is 1.02. The van der Waals surface area contributed by atoms with Crippen molar-refractivity contribution in [1.29, 1.82) is 0 Å². The first-order valence-electron chi connectivity index (χ1n) is 6.19. The van der Waals surface area contributed by atoms with Gasteiger partial charge in [0.15, 0.2) is 0 Å². The molecular formula is C14H22N2O2. The maximum absolute atomic E-state index is 11.7. The van der Waals surface area contributed by atoms with E-state index < -0.39 is 0 Å². The molecule has 0 saturated heterocycles. The van der Waals surface area contributed by atoms with Gasteiger partial charge < -0.3 is 15.8 Å². The molecular weight excluding hydrogens is 228 g/mol. The largest absolute Gasteiger partial charge is 0.383 e.